The molecule has 1 aromatic heterocycles. The molecule has 2 aliphatic rings. The lowest BCUT2D eigenvalue weighted by atomic mass is 9.88. The number of nitrogens with one attached hydrogen (secondary N) is 2. The van der Waals surface area contributed by atoms with Crippen molar-refractivity contribution >= 4 is 34.7 Å². The van der Waals surface area contributed by atoms with Gasteiger partial charge in [-0.25, -0.2) is 4.31 Å². The highest BCUT2D eigenvalue weighted by Crippen LogP contribution is 2.38. The highest BCUT2D eigenvalue weighted by Gasteiger charge is 2.38. The summed E-state index contributed by atoms with van der Waals surface area (Å²) in [5, 5.41) is 4.26. The summed E-state index contributed by atoms with van der Waals surface area (Å²) in [5.41, 5.74) is 8.34. The van der Waals surface area contributed by atoms with Crippen LogP contribution in [0.25, 0.3) is 10.9 Å². The normalized spacial score (nSPS) is 21.6. The van der Waals surface area contributed by atoms with E-state index in [4.69, 9.17) is 10.5 Å². The Hall–Kier alpha value is -2.85. The molecule has 0 bridgehead atoms. The van der Waals surface area contributed by atoms with Gasteiger partial charge in [0.1, 0.15) is 6.04 Å². The molecular weight excluding hydrogens is 510 g/mol. The smallest absolute Gasteiger partial charge is 0.245 e. The van der Waals surface area contributed by atoms with Gasteiger partial charge in [0.15, 0.2) is 0 Å². The summed E-state index contributed by atoms with van der Waals surface area (Å²) in [6, 6.07) is 17.9. The van der Waals surface area contributed by atoms with Gasteiger partial charge in [0.05, 0.1) is 18.8 Å². The Morgan fingerprint density at radius 3 is 2.56 bits per heavy atom. The fourth-order valence-corrected chi connectivity index (χ4v) is 6.86. The monoisotopic (exact) mass is 549 g/mol. The number of morpholine rings is 1. The van der Waals surface area contributed by atoms with Crippen LogP contribution < -0.4 is 11.1 Å². The molecule has 5 rings (SSSR count). The molecule has 0 radical (unpaired) electrons. The average Bonchev–Trinajstić information content (AvgIpc) is 3.35. The number of piperidine rings is 1. The van der Waals surface area contributed by atoms with Crippen LogP contribution in [0, 0.1) is 0 Å². The minimum Gasteiger partial charge on any atom is -0.379 e. The topological polar surface area (TPSA) is 104 Å². The Balaban J connectivity index is 1.38. The van der Waals surface area contributed by atoms with Crippen LogP contribution in [0.5, 0.6) is 0 Å². The standard InChI is InChI=1S/C30H39N5O3S/c1-30(2,31)29(37)33-26(18-22-19-32-25-11-7-6-10-23(22)25)28(36)34-13-12-24(21-8-4-3-5-9-21)27(20-34)39-35-14-16-38-17-15-35/h3-11,19,24,26-27,32H,12-18,20,31H2,1-2H3,(H,33,37)/t24?,26-,27?/m1/s1. The molecule has 3 atom stereocenters. The van der Waals surface area contributed by atoms with E-state index in [9.17, 15) is 9.59 Å². The summed E-state index contributed by atoms with van der Waals surface area (Å²) in [6.45, 7) is 7.80. The predicted octanol–water partition coefficient (Wildman–Crippen LogP) is 3.30. The van der Waals surface area contributed by atoms with Crippen molar-refractivity contribution in [2.75, 3.05) is 39.4 Å². The molecule has 2 aromatic carbocycles. The number of aromatic nitrogens is 1. The van der Waals surface area contributed by atoms with Crippen molar-refractivity contribution in [3.63, 3.8) is 0 Å². The first-order chi connectivity index (χ1) is 18.8. The molecule has 3 aromatic rings. The van der Waals surface area contributed by atoms with Gasteiger partial charge in [-0.1, -0.05) is 60.5 Å². The number of para-hydroxylation sites is 1. The van der Waals surface area contributed by atoms with Crippen molar-refractivity contribution in [1.29, 1.82) is 0 Å². The SMILES string of the molecule is CC(C)(N)C(=O)N[C@H](Cc1c[nH]c2ccccc12)C(=O)N1CCC(c2ccccc2)C(SN2CCOCC2)C1. The zero-order valence-electron chi connectivity index (χ0n) is 22.8. The van der Waals surface area contributed by atoms with E-state index in [0.29, 0.717) is 25.4 Å². The highest BCUT2D eigenvalue weighted by molar-refractivity contribution is 7.97. The summed E-state index contributed by atoms with van der Waals surface area (Å²) in [4.78, 5) is 32.3. The van der Waals surface area contributed by atoms with Crippen LogP contribution in [0.1, 0.15) is 37.3 Å². The van der Waals surface area contributed by atoms with E-state index in [1.165, 1.54) is 5.56 Å². The lowest BCUT2D eigenvalue weighted by Crippen LogP contribution is -2.58. The van der Waals surface area contributed by atoms with Crippen LogP contribution in [0.2, 0.25) is 0 Å². The Kier molecular flexibility index (Phi) is 8.61. The molecule has 8 nitrogen and oxygen atoms in total. The second-order valence-electron chi connectivity index (χ2n) is 11.1. The van der Waals surface area contributed by atoms with Crippen molar-refractivity contribution in [3.05, 3.63) is 71.9 Å². The number of rotatable bonds is 8. The highest BCUT2D eigenvalue weighted by atomic mass is 32.2. The summed E-state index contributed by atoms with van der Waals surface area (Å²) >= 11 is 1.85. The number of hydrogen-bond donors (Lipinski definition) is 3. The number of carbonyl (C=O) groups excluding carboxylic acids is 2. The first-order valence-electron chi connectivity index (χ1n) is 13.8. The summed E-state index contributed by atoms with van der Waals surface area (Å²) < 4.78 is 7.94. The third kappa shape index (κ3) is 6.66. The van der Waals surface area contributed by atoms with Crippen molar-refractivity contribution in [3.8, 4) is 0 Å². The van der Waals surface area contributed by atoms with Gasteiger partial charge >= 0.3 is 0 Å². The van der Waals surface area contributed by atoms with Crippen LogP contribution in [0.15, 0.2) is 60.8 Å². The van der Waals surface area contributed by atoms with Gasteiger partial charge in [0.25, 0.3) is 0 Å². The van der Waals surface area contributed by atoms with Gasteiger partial charge in [-0.2, -0.15) is 0 Å². The molecule has 9 heteroatoms. The molecule has 0 saturated carbocycles. The number of amides is 2. The van der Waals surface area contributed by atoms with Gasteiger partial charge in [0, 0.05) is 60.9 Å². The molecule has 0 aliphatic carbocycles. The molecular formula is C30H39N5O3S. The van der Waals surface area contributed by atoms with E-state index >= 15 is 0 Å². The second-order valence-corrected chi connectivity index (χ2v) is 12.4. The van der Waals surface area contributed by atoms with Gasteiger partial charge in [0.2, 0.25) is 11.8 Å². The lowest BCUT2D eigenvalue weighted by molar-refractivity contribution is -0.138. The number of nitrogens with zero attached hydrogens (tertiary/aromatic N) is 2. The number of ether oxygens (including phenoxy) is 1. The van der Waals surface area contributed by atoms with E-state index in [0.717, 1.165) is 49.2 Å². The quantitative estimate of drug-likeness (QED) is 0.373. The molecule has 2 aliphatic heterocycles. The van der Waals surface area contributed by atoms with Crippen molar-refractivity contribution in [1.82, 2.24) is 19.5 Å². The number of aromatic amines is 1. The maximum Gasteiger partial charge on any atom is 0.245 e. The first kappa shape index (κ1) is 27.7. The van der Waals surface area contributed by atoms with E-state index in [1.807, 2.05) is 53.4 Å². The number of hydrogen-bond acceptors (Lipinski definition) is 6. The van der Waals surface area contributed by atoms with Crippen LogP contribution in [0.3, 0.4) is 0 Å². The van der Waals surface area contributed by atoms with Gasteiger partial charge < -0.3 is 25.7 Å². The van der Waals surface area contributed by atoms with Crippen molar-refractivity contribution < 1.29 is 14.3 Å². The van der Waals surface area contributed by atoms with Crippen LogP contribution in [0.4, 0.5) is 0 Å². The molecule has 0 spiro atoms. The largest absolute Gasteiger partial charge is 0.379 e. The van der Waals surface area contributed by atoms with E-state index in [2.05, 4.69) is 38.9 Å². The molecule has 2 unspecified atom stereocenters. The predicted molar refractivity (Wildman–Crippen MR) is 156 cm³/mol. The minimum absolute atomic E-state index is 0.0584. The summed E-state index contributed by atoms with van der Waals surface area (Å²) in [6.07, 6.45) is 3.20. The van der Waals surface area contributed by atoms with E-state index in [1.54, 1.807) is 13.8 Å². The zero-order chi connectivity index (χ0) is 27.4. The fraction of sp³-hybridized carbons (Fsp3) is 0.467. The Morgan fingerprint density at radius 1 is 1.10 bits per heavy atom. The molecule has 39 heavy (non-hydrogen) atoms. The number of benzene rings is 2. The fourth-order valence-electron chi connectivity index (χ4n) is 5.43. The molecule has 2 saturated heterocycles. The number of carbonyl (C=O) groups is 2. The van der Waals surface area contributed by atoms with Gasteiger partial charge in [-0.3, -0.25) is 9.59 Å². The van der Waals surface area contributed by atoms with Crippen molar-refractivity contribution in [2.45, 2.75) is 49.4 Å². The number of likely N-dealkylation sites (tertiary alicyclic amines) is 1. The number of fused-ring (bicyclic) bond motifs is 1. The zero-order valence-corrected chi connectivity index (χ0v) is 23.6. The minimum atomic E-state index is -1.09. The summed E-state index contributed by atoms with van der Waals surface area (Å²) in [7, 11) is 0. The maximum absolute atomic E-state index is 14.1. The van der Waals surface area contributed by atoms with E-state index in [-0.39, 0.29) is 17.1 Å². The van der Waals surface area contributed by atoms with Crippen LogP contribution in [-0.2, 0) is 20.7 Å². The molecule has 2 amide bonds. The van der Waals surface area contributed by atoms with Gasteiger partial charge in [-0.15, -0.1) is 0 Å². The van der Waals surface area contributed by atoms with Crippen LogP contribution in [-0.4, -0.2) is 82.2 Å². The number of nitrogens with two attached hydrogens (primary N) is 1. The van der Waals surface area contributed by atoms with Gasteiger partial charge in [-0.05, 0) is 37.5 Å². The van der Waals surface area contributed by atoms with E-state index < -0.39 is 11.6 Å². The Morgan fingerprint density at radius 2 is 1.82 bits per heavy atom. The molecule has 4 N–H and O–H groups in total. The molecule has 2 fully saturated rings. The Bertz CT molecular complexity index is 1270. The van der Waals surface area contributed by atoms with Crippen LogP contribution >= 0.6 is 11.9 Å². The molecule has 3 heterocycles. The Labute approximate surface area is 234 Å². The van der Waals surface area contributed by atoms with Crippen molar-refractivity contribution in [2.24, 2.45) is 5.73 Å². The maximum atomic E-state index is 14.1. The average molecular weight is 550 g/mol. The lowest BCUT2D eigenvalue weighted by Gasteiger charge is -2.42. The third-order valence-electron chi connectivity index (χ3n) is 7.64. The third-order valence-corrected chi connectivity index (χ3v) is 9.05. The second kappa shape index (κ2) is 12.1. The molecule has 208 valence electrons. The summed E-state index contributed by atoms with van der Waals surface area (Å²) in [5.74, 6) is -0.0520. The first-order valence-corrected chi connectivity index (χ1v) is 14.6. The number of H-pyrrole nitrogens is 1.